The molecule has 1 heterocycles. The van der Waals surface area contributed by atoms with Gasteiger partial charge >= 0.3 is 0 Å². The summed E-state index contributed by atoms with van der Waals surface area (Å²) in [5, 5.41) is 10.5. The Morgan fingerprint density at radius 3 is 3.00 bits per heavy atom. The van der Waals surface area contributed by atoms with Gasteiger partial charge in [-0.2, -0.15) is 0 Å². The third-order valence-electron chi connectivity index (χ3n) is 1.70. The molecule has 2 rings (SSSR count). The molecule has 0 aliphatic heterocycles. The Balaban J connectivity index is 2.46. The van der Waals surface area contributed by atoms with Crippen LogP contribution in [-0.4, -0.2) is 17.4 Å². The Bertz CT molecular complexity index is 382. The zero-order chi connectivity index (χ0) is 8.39. The van der Waals surface area contributed by atoms with E-state index in [1.165, 1.54) is 5.56 Å². The van der Waals surface area contributed by atoms with Crippen LogP contribution in [0.5, 0.6) is 0 Å². The van der Waals surface area contributed by atoms with Gasteiger partial charge in [0.1, 0.15) is 11.0 Å². The Hall–Kier alpha value is -1.42. The van der Waals surface area contributed by atoms with Gasteiger partial charge in [-0.1, -0.05) is 6.07 Å². The molecule has 0 aliphatic rings. The fourth-order valence-corrected chi connectivity index (χ4v) is 1.14. The minimum absolute atomic E-state index is 0.801. The molecule has 0 aliphatic carbocycles. The first-order chi connectivity index (χ1) is 5.90. The molecule has 0 saturated heterocycles. The van der Waals surface area contributed by atoms with Crippen LogP contribution in [0.4, 0.5) is 0 Å². The van der Waals surface area contributed by atoms with Crippen LogP contribution in [0.2, 0.25) is 0 Å². The SMILES string of the molecule is CNCc1ccc2nonc2c1. The van der Waals surface area contributed by atoms with Gasteiger partial charge in [0, 0.05) is 6.54 Å². The molecule has 0 fully saturated rings. The number of fused-ring (bicyclic) bond motifs is 1. The van der Waals surface area contributed by atoms with E-state index < -0.39 is 0 Å². The average molecular weight is 163 g/mol. The standard InChI is InChI=1S/C8H9N3O/c1-9-5-6-2-3-7-8(4-6)11-12-10-7/h2-4,9H,5H2,1H3. The molecule has 1 N–H and O–H groups in total. The summed E-state index contributed by atoms with van der Waals surface area (Å²) in [5.74, 6) is 0. The van der Waals surface area contributed by atoms with E-state index in [1.54, 1.807) is 0 Å². The topological polar surface area (TPSA) is 51.0 Å². The van der Waals surface area contributed by atoms with Crippen LogP contribution in [0.25, 0.3) is 11.0 Å². The maximum atomic E-state index is 4.58. The lowest BCUT2D eigenvalue weighted by atomic mass is 10.2. The third kappa shape index (κ3) is 1.16. The van der Waals surface area contributed by atoms with Crippen LogP contribution >= 0.6 is 0 Å². The van der Waals surface area contributed by atoms with Crippen molar-refractivity contribution in [1.29, 1.82) is 0 Å². The molecule has 1 aromatic carbocycles. The molecule has 0 spiro atoms. The van der Waals surface area contributed by atoms with Gasteiger partial charge in [0.05, 0.1) is 0 Å². The highest BCUT2D eigenvalue weighted by Crippen LogP contribution is 2.10. The summed E-state index contributed by atoms with van der Waals surface area (Å²) in [6.07, 6.45) is 0. The second-order valence-electron chi connectivity index (χ2n) is 2.62. The first-order valence-electron chi connectivity index (χ1n) is 3.76. The fourth-order valence-electron chi connectivity index (χ4n) is 1.14. The molecule has 0 bridgehead atoms. The van der Waals surface area contributed by atoms with Gasteiger partial charge in [-0.3, -0.25) is 0 Å². The van der Waals surface area contributed by atoms with E-state index in [0.717, 1.165) is 17.6 Å². The maximum Gasteiger partial charge on any atom is 0.135 e. The summed E-state index contributed by atoms with van der Waals surface area (Å²) in [6.45, 7) is 0.836. The zero-order valence-corrected chi connectivity index (χ0v) is 6.74. The van der Waals surface area contributed by atoms with Crippen LogP contribution in [0.1, 0.15) is 5.56 Å². The monoisotopic (exact) mass is 163 g/mol. The van der Waals surface area contributed by atoms with Crippen molar-refractivity contribution in [3.8, 4) is 0 Å². The van der Waals surface area contributed by atoms with Gasteiger partial charge in [-0.15, -0.1) is 0 Å². The van der Waals surface area contributed by atoms with E-state index in [-0.39, 0.29) is 0 Å². The molecule has 2 aromatic rings. The van der Waals surface area contributed by atoms with E-state index in [2.05, 4.69) is 20.3 Å². The highest BCUT2D eigenvalue weighted by molar-refractivity contribution is 5.73. The lowest BCUT2D eigenvalue weighted by Crippen LogP contribution is -2.04. The third-order valence-corrected chi connectivity index (χ3v) is 1.70. The summed E-state index contributed by atoms with van der Waals surface area (Å²) in [7, 11) is 1.91. The van der Waals surface area contributed by atoms with Crippen molar-refractivity contribution in [1.82, 2.24) is 15.6 Å². The number of hydrogen-bond acceptors (Lipinski definition) is 4. The summed E-state index contributed by atoms with van der Waals surface area (Å²) in [4.78, 5) is 0. The van der Waals surface area contributed by atoms with Crippen molar-refractivity contribution >= 4 is 11.0 Å². The van der Waals surface area contributed by atoms with Crippen LogP contribution in [0, 0.1) is 0 Å². The van der Waals surface area contributed by atoms with Crippen molar-refractivity contribution in [3.05, 3.63) is 23.8 Å². The molecule has 62 valence electrons. The molecule has 12 heavy (non-hydrogen) atoms. The highest BCUT2D eigenvalue weighted by Gasteiger charge is 1.99. The van der Waals surface area contributed by atoms with E-state index in [0.29, 0.717) is 0 Å². The molecule has 1 aromatic heterocycles. The molecule has 0 atom stereocenters. The van der Waals surface area contributed by atoms with Crippen LogP contribution in [-0.2, 0) is 6.54 Å². The second-order valence-corrected chi connectivity index (χ2v) is 2.62. The average Bonchev–Trinajstić information content (AvgIpc) is 2.51. The predicted molar refractivity (Wildman–Crippen MR) is 44.6 cm³/mol. The lowest BCUT2D eigenvalue weighted by molar-refractivity contribution is 0.315. The van der Waals surface area contributed by atoms with Crippen molar-refractivity contribution in [2.45, 2.75) is 6.54 Å². The Morgan fingerprint density at radius 2 is 2.17 bits per heavy atom. The van der Waals surface area contributed by atoms with E-state index in [9.17, 15) is 0 Å². The molecular formula is C8H9N3O. The summed E-state index contributed by atoms with van der Waals surface area (Å²) >= 11 is 0. The predicted octanol–water partition coefficient (Wildman–Crippen LogP) is 0.942. The van der Waals surface area contributed by atoms with Crippen molar-refractivity contribution < 1.29 is 4.63 Å². The van der Waals surface area contributed by atoms with Crippen molar-refractivity contribution in [3.63, 3.8) is 0 Å². The van der Waals surface area contributed by atoms with Gasteiger partial charge in [-0.05, 0) is 35.1 Å². The van der Waals surface area contributed by atoms with Crippen molar-refractivity contribution in [2.75, 3.05) is 7.05 Å². The molecule has 0 amide bonds. The lowest BCUT2D eigenvalue weighted by Gasteiger charge is -1.96. The number of hydrogen-bond donors (Lipinski definition) is 1. The number of aromatic nitrogens is 2. The zero-order valence-electron chi connectivity index (χ0n) is 6.74. The van der Waals surface area contributed by atoms with Gasteiger partial charge in [-0.25, -0.2) is 4.63 Å². The minimum atomic E-state index is 0.801. The van der Waals surface area contributed by atoms with E-state index >= 15 is 0 Å². The molecule has 0 saturated carbocycles. The van der Waals surface area contributed by atoms with Gasteiger partial charge in [0.25, 0.3) is 0 Å². The number of nitrogens with one attached hydrogen (secondary N) is 1. The Kier molecular flexibility index (Phi) is 1.75. The molecular weight excluding hydrogens is 154 g/mol. The molecule has 0 unspecified atom stereocenters. The normalized spacial score (nSPS) is 10.8. The number of benzene rings is 1. The molecule has 4 nitrogen and oxygen atoms in total. The minimum Gasteiger partial charge on any atom is -0.316 e. The summed E-state index contributed by atoms with van der Waals surface area (Å²) in [6, 6.07) is 5.86. The van der Waals surface area contributed by atoms with E-state index in [1.807, 2.05) is 25.2 Å². The van der Waals surface area contributed by atoms with E-state index in [4.69, 9.17) is 0 Å². The largest absolute Gasteiger partial charge is 0.316 e. The highest BCUT2D eigenvalue weighted by atomic mass is 16.6. The van der Waals surface area contributed by atoms with Gasteiger partial charge in [0.15, 0.2) is 0 Å². The number of rotatable bonds is 2. The summed E-state index contributed by atoms with van der Waals surface area (Å²) < 4.78 is 4.58. The second kappa shape index (κ2) is 2.91. The number of nitrogens with zero attached hydrogens (tertiary/aromatic N) is 2. The Labute approximate surface area is 69.5 Å². The van der Waals surface area contributed by atoms with Gasteiger partial charge < -0.3 is 5.32 Å². The Morgan fingerprint density at radius 1 is 1.33 bits per heavy atom. The maximum absolute atomic E-state index is 4.58. The van der Waals surface area contributed by atoms with Crippen LogP contribution < -0.4 is 5.32 Å². The fraction of sp³-hybridized carbons (Fsp3) is 0.250. The molecule has 4 heteroatoms. The summed E-state index contributed by atoms with van der Waals surface area (Å²) in [5.41, 5.74) is 2.79. The van der Waals surface area contributed by atoms with Crippen LogP contribution in [0.3, 0.4) is 0 Å². The van der Waals surface area contributed by atoms with Crippen LogP contribution in [0.15, 0.2) is 22.8 Å². The smallest absolute Gasteiger partial charge is 0.135 e. The molecule has 0 radical (unpaired) electrons. The quantitative estimate of drug-likeness (QED) is 0.715. The first kappa shape index (κ1) is 7.24. The first-order valence-corrected chi connectivity index (χ1v) is 3.76. The van der Waals surface area contributed by atoms with Crippen molar-refractivity contribution in [2.24, 2.45) is 0 Å². The van der Waals surface area contributed by atoms with Gasteiger partial charge in [0.2, 0.25) is 0 Å².